The van der Waals surface area contributed by atoms with Crippen LogP contribution in [0.5, 0.6) is 0 Å². The van der Waals surface area contributed by atoms with Gasteiger partial charge in [0.25, 0.3) is 0 Å². The SMILES string of the molecule is CN1C(=O)CC[C@@]2(C)C1CC[C@@H]1[C@H]2CC[C@]2(C)C(CCCc3ccccc3)CC[C@@H]12. The zero-order chi connectivity index (χ0) is 20.9. The molecule has 0 bridgehead atoms. The van der Waals surface area contributed by atoms with Crippen molar-refractivity contribution in [1.82, 2.24) is 4.90 Å². The highest BCUT2D eigenvalue weighted by Crippen LogP contribution is 2.66. The van der Waals surface area contributed by atoms with Gasteiger partial charge in [-0.1, -0.05) is 44.2 Å². The summed E-state index contributed by atoms with van der Waals surface area (Å²) in [6.45, 7) is 5.21. The van der Waals surface area contributed by atoms with E-state index in [2.05, 4.69) is 56.1 Å². The number of carbonyl (C=O) groups is 1. The molecule has 3 saturated carbocycles. The van der Waals surface area contributed by atoms with Gasteiger partial charge in [-0.2, -0.15) is 0 Å². The molecule has 1 saturated heterocycles. The van der Waals surface area contributed by atoms with Crippen molar-refractivity contribution in [1.29, 1.82) is 0 Å². The summed E-state index contributed by atoms with van der Waals surface area (Å²) in [6, 6.07) is 11.5. The highest BCUT2D eigenvalue weighted by Gasteiger charge is 2.60. The second-order valence-electron chi connectivity index (χ2n) is 11.7. The summed E-state index contributed by atoms with van der Waals surface area (Å²) in [5.74, 6) is 3.99. The standard InChI is InChI=1S/C28H41NO/c1-27-18-16-24-22(13-15-25-28(24,2)19-17-26(30)29(25)3)23(27)14-12-21(27)11-7-10-20-8-5-4-6-9-20/h4-6,8-9,21-25H,7,10-19H2,1-3H3/t21?,22-,23-,24+,25?,27+,28+/m0/s1. The molecular formula is C28H41NO. The van der Waals surface area contributed by atoms with Crippen LogP contribution in [0.15, 0.2) is 30.3 Å². The molecule has 5 rings (SSSR count). The Bertz CT molecular complexity index is 774. The minimum Gasteiger partial charge on any atom is -0.342 e. The second kappa shape index (κ2) is 7.68. The van der Waals surface area contributed by atoms with Crippen molar-refractivity contribution in [2.75, 3.05) is 7.05 Å². The van der Waals surface area contributed by atoms with Gasteiger partial charge >= 0.3 is 0 Å². The monoisotopic (exact) mass is 407 g/mol. The minimum absolute atomic E-state index is 0.359. The topological polar surface area (TPSA) is 20.3 Å². The Morgan fingerprint density at radius 3 is 2.50 bits per heavy atom. The van der Waals surface area contributed by atoms with Gasteiger partial charge in [0.15, 0.2) is 0 Å². The van der Waals surface area contributed by atoms with Crippen molar-refractivity contribution in [3.8, 4) is 0 Å². The van der Waals surface area contributed by atoms with Crippen molar-refractivity contribution >= 4 is 5.91 Å². The quantitative estimate of drug-likeness (QED) is 0.559. The van der Waals surface area contributed by atoms with Crippen LogP contribution in [0.3, 0.4) is 0 Å². The molecule has 0 radical (unpaired) electrons. The number of carbonyl (C=O) groups excluding carboxylic acids is 1. The van der Waals surface area contributed by atoms with Gasteiger partial charge < -0.3 is 4.90 Å². The summed E-state index contributed by atoms with van der Waals surface area (Å²) < 4.78 is 0. The molecule has 164 valence electrons. The normalized spacial score (nSPS) is 43.1. The molecule has 2 nitrogen and oxygen atoms in total. The Hall–Kier alpha value is -1.31. The fourth-order valence-corrected chi connectivity index (χ4v) is 8.93. The molecule has 2 heteroatoms. The number of benzene rings is 1. The van der Waals surface area contributed by atoms with Crippen LogP contribution < -0.4 is 0 Å². The number of hydrogen-bond donors (Lipinski definition) is 0. The van der Waals surface area contributed by atoms with Gasteiger partial charge in [0.05, 0.1) is 0 Å². The number of fused-ring (bicyclic) bond motifs is 5. The molecule has 3 aliphatic carbocycles. The highest BCUT2D eigenvalue weighted by atomic mass is 16.2. The van der Waals surface area contributed by atoms with Crippen LogP contribution in [0.25, 0.3) is 0 Å². The number of piperidine rings is 1. The molecule has 1 aromatic rings. The largest absolute Gasteiger partial charge is 0.342 e. The van der Waals surface area contributed by atoms with E-state index in [1.165, 1.54) is 63.4 Å². The first-order chi connectivity index (χ1) is 14.4. The smallest absolute Gasteiger partial charge is 0.222 e. The Kier molecular flexibility index (Phi) is 5.27. The molecule has 4 fully saturated rings. The van der Waals surface area contributed by atoms with E-state index in [4.69, 9.17) is 0 Å². The molecule has 1 aliphatic heterocycles. The fourth-order valence-electron chi connectivity index (χ4n) is 8.93. The average molecular weight is 408 g/mol. The number of nitrogens with zero attached hydrogens (tertiary/aromatic N) is 1. The maximum Gasteiger partial charge on any atom is 0.222 e. The predicted molar refractivity (Wildman–Crippen MR) is 123 cm³/mol. The van der Waals surface area contributed by atoms with E-state index in [1.807, 2.05) is 0 Å². The summed E-state index contributed by atoms with van der Waals surface area (Å²) >= 11 is 0. The van der Waals surface area contributed by atoms with Crippen LogP contribution in [-0.2, 0) is 11.2 Å². The van der Waals surface area contributed by atoms with Crippen LogP contribution in [0.1, 0.15) is 83.6 Å². The van der Waals surface area contributed by atoms with Crippen LogP contribution in [-0.4, -0.2) is 23.9 Å². The lowest BCUT2D eigenvalue weighted by molar-refractivity contribution is -0.158. The van der Waals surface area contributed by atoms with Crippen LogP contribution in [0.2, 0.25) is 0 Å². The van der Waals surface area contributed by atoms with Crippen molar-refractivity contribution in [3.05, 3.63) is 35.9 Å². The number of hydrogen-bond acceptors (Lipinski definition) is 1. The van der Waals surface area contributed by atoms with Crippen LogP contribution >= 0.6 is 0 Å². The molecule has 0 spiro atoms. The van der Waals surface area contributed by atoms with E-state index in [1.54, 1.807) is 0 Å². The summed E-state index contributed by atoms with van der Waals surface area (Å²) in [5.41, 5.74) is 2.43. The molecule has 30 heavy (non-hydrogen) atoms. The van der Waals surface area contributed by atoms with Gasteiger partial charge in [0.2, 0.25) is 5.91 Å². The summed E-state index contributed by atoms with van der Waals surface area (Å²) in [7, 11) is 2.08. The Morgan fingerprint density at radius 2 is 1.70 bits per heavy atom. The van der Waals surface area contributed by atoms with E-state index in [9.17, 15) is 4.79 Å². The fraction of sp³-hybridized carbons (Fsp3) is 0.750. The van der Waals surface area contributed by atoms with Gasteiger partial charge in [0.1, 0.15) is 0 Å². The van der Waals surface area contributed by atoms with Gasteiger partial charge in [-0.3, -0.25) is 4.79 Å². The summed E-state index contributed by atoms with van der Waals surface area (Å²) in [4.78, 5) is 14.5. The van der Waals surface area contributed by atoms with E-state index >= 15 is 0 Å². The summed E-state index contributed by atoms with van der Waals surface area (Å²) in [5, 5.41) is 0. The van der Waals surface area contributed by atoms with Gasteiger partial charge in [0, 0.05) is 19.5 Å². The number of aryl methyl sites for hydroxylation is 1. The Morgan fingerprint density at radius 1 is 0.933 bits per heavy atom. The van der Waals surface area contributed by atoms with E-state index < -0.39 is 0 Å². The highest BCUT2D eigenvalue weighted by molar-refractivity contribution is 5.77. The van der Waals surface area contributed by atoms with E-state index in [0.29, 0.717) is 22.8 Å². The minimum atomic E-state index is 0.359. The molecule has 1 amide bonds. The molecule has 0 aromatic heterocycles. The Balaban J connectivity index is 1.28. The lowest BCUT2D eigenvalue weighted by Gasteiger charge is -2.62. The zero-order valence-corrected chi connectivity index (χ0v) is 19.4. The second-order valence-corrected chi connectivity index (χ2v) is 11.7. The first-order valence-electron chi connectivity index (χ1n) is 12.7. The molecular weight excluding hydrogens is 366 g/mol. The average Bonchev–Trinajstić information content (AvgIpc) is 3.08. The molecule has 0 N–H and O–H groups in total. The Labute approximate surface area is 183 Å². The number of likely N-dealkylation sites (tertiary alicyclic amines) is 1. The maximum atomic E-state index is 12.4. The molecule has 2 unspecified atom stereocenters. The van der Waals surface area contributed by atoms with Crippen molar-refractivity contribution in [3.63, 3.8) is 0 Å². The third-order valence-electron chi connectivity index (χ3n) is 10.6. The molecule has 1 heterocycles. The van der Waals surface area contributed by atoms with E-state index in [0.717, 1.165) is 36.5 Å². The van der Waals surface area contributed by atoms with E-state index in [-0.39, 0.29) is 0 Å². The van der Waals surface area contributed by atoms with Crippen LogP contribution in [0.4, 0.5) is 0 Å². The number of amides is 1. The first kappa shape index (κ1) is 20.6. The first-order valence-corrected chi connectivity index (χ1v) is 12.7. The van der Waals surface area contributed by atoms with Gasteiger partial charge in [-0.25, -0.2) is 0 Å². The van der Waals surface area contributed by atoms with Crippen molar-refractivity contribution in [2.45, 2.75) is 90.5 Å². The molecule has 4 aliphatic rings. The third kappa shape index (κ3) is 3.16. The molecule has 7 atom stereocenters. The summed E-state index contributed by atoms with van der Waals surface area (Å²) in [6.07, 6.45) is 14.3. The predicted octanol–water partition coefficient (Wildman–Crippen LogP) is 6.49. The maximum absolute atomic E-state index is 12.4. The zero-order valence-electron chi connectivity index (χ0n) is 19.4. The molecule has 1 aromatic carbocycles. The lowest BCUT2D eigenvalue weighted by atomic mass is 9.46. The van der Waals surface area contributed by atoms with Gasteiger partial charge in [-0.15, -0.1) is 0 Å². The van der Waals surface area contributed by atoms with Gasteiger partial charge in [-0.05, 0) is 104 Å². The van der Waals surface area contributed by atoms with Crippen LogP contribution in [0, 0.1) is 34.5 Å². The van der Waals surface area contributed by atoms with Crippen molar-refractivity contribution < 1.29 is 4.79 Å². The third-order valence-corrected chi connectivity index (χ3v) is 10.6. The number of rotatable bonds is 4. The lowest BCUT2D eigenvalue weighted by Crippen LogP contribution is -2.61. The van der Waals surface area contributed by atoms with Crippen molar-refractivity contribution in [2.24, 2.45) is 34.5 Å².